The molecule has 6 nitrogen and oxygen atoms in total. The Labute approximate surface area is 143 Å². The molecule has 0 aromatic carbocycles. The van der Waals surface area contributed by atoms with Crippen LogP contribution < -0.4 is 5.32 Å². The highest BCUT2D eigenvalue weighted by Crippen LogP contribution is 2.36. The molecule has 6 heteroatoms. The molecule has 0 unspecified atom stereocenters. The van der Waals surface area contributed by atoms with Crippen molar-refractivity contribution in [2.45, 2.75) is 33.1 Å². The zero-order valence-corrected chi connectivity index (χ0v) is 15.1. The zero-order chi connectivity index (χ0) is 18.0. The Balaban J connectivity index is 1.98. The van der Waals surface area contributed by atoms with E-state index in [1.54, 1.807) is 17.3 Å². The predicted molar refractivity (Wildman–Crippen MR) is 91.5 cm³/mol. The number of carbonyl (C=O) groups is 2. The van der Waals surface area contributed by atoms with Gasteiger partial charge in [0.15, 0.2) is 0 Å². The highest BCUT2D eigenvalue weighted by Gasteiger charge is 2.48. The highest BCUT2D eigenvalue weighted by atomic mass is 16.5. The van der Waals surface area contributed by atoms with Gasteiger partial charge in [-0.05, 0) is 30.5 Å². The quantitative estimate of drug-likeness (QED) is 0.858. The van der Waals surface area contributed by atoms with Crippen LogP contribution in [0.5, 0.6) is 0 Å². The first-order chi connectivity index (χ1) is 11.2. The minimum Gasteiger partial charge on any atom is -0.469 e. The minimum absolute atomic E-state index is 0.0592. The smallest absolute Gasteiger partial charge is 0.317 e. The van der Waals surface area contributed by atoms with Crippen LogP contribution in [-0.4, -0.2) is 48.6 Å². The molecule has 0 aliphatic carbocycles. The van der Waals surface area contributed by atoms with Gasteiger partial charge in [0.05, 0.1) is 12.5 Å². The summed E-state index contributed by atoms with van der Waals surface area (Å²) in [5, 5.41) is 2.99. The van der Waals surface area contributed by atoms with Gasteiger partial charge in [-0.3, -0.25) is 9.78 Å². The first-order valence-electron chi connectivity index (χ1n) is 8.22. The van der Waals surface area contributed by atoms with E-state index in [0.29, 0.717) is 19.6 Å². The van der Waals surface area contributed by atoms with Crippen LogP contribution in [0.3, 0.4) is 0 Å². The monoisotopic (exact) mass is 333 g/mol. The van der Waals surface area contributed by atoms with Crippen molar-refractivity contribution < 1.29 is 14.3 Å². The fourth-order valence-electron chi connectivity index (χ4n) is 3.12. The van der Waals surface area contributed by atoms with E-state index in [9.17, 15) is 9.59 Å². The summed E-state index contributed by atoms with van der Waals surface area (Å²) < 4.78 is 4.90. The van der Waals surface area contributed by atoms with Crippen molar-refractivity contribution in [2.75, 3.05) is 26.7 Å². The van der Waals surface area contributed by atoms with Crippen molar-refractivity contribution in [3.63, 3.8) is 0 Å². The summed E-state index contributed by atoms with van der Waals surface area (Å²) in [6.45, 7) is 9.43. The third kappa shape index (κ3) is 3.52. The molecule has 2 atom stereocenters. The van der Waals surface area contributed by atoms with Gasteiger partial charge in [-0.15, -0.1) is 0 Å². The van der Waals surface area contributed by atoms with E-state index in [4.69, 9.17) is 4.74 Å². The van der Waals surface area contributed by atoms with Gasteiger partial charge in [0.2, 0.25) is 0 Å². The number of rotatable bonds is 4. The van der Waals surface area contributed by atoms with E-state index in [0.717, 1.165) is 5.56 Å². The molecule has 132 valence electrons. The number of methoxy groups -OCH3 is 1. The second-order valence-electron chi connectivity index (χ2n) is 7.47. The Morgan fingerprint density at radius 3 is 2.62 bits per heavy atom. The van der Waals surface area contributed by atoms with Crippen molar-refractivity contribution in [3.05, 3.63) is 30.1 Å². The number of nitrogens with zero attached hydrogens (tertiary/aromatic N) is 2. The van der Waals surface area contributed by atoms with Gasteiger partial charge >= 0.3 is 12.0 Å². The van der Waals surface area contributed by atoms with Crippen LogP contribution in [0.2, 0.25) is 0 Å². The Hall–Kier alpha value is -2.11. The SMILES string of the molecule is COC(=O)[C@]1(C)CN(C(=O)NCC(C)(C)c2ccncc2)C[C@H]1C. The van der Waals surface area contributed by atoms with E-state index >= 15 is 0 Å². The van der Waals surface area contributed by atoms with Crippen LogP contribution in [0.4, 0.5) is 4.79 Å². The average molecular weight is 333 g/mol. The van der Waals surface area contributed by atoms with Gasteiger partial charge in [-0.1, -0.05) is 20.8 Å². The maximum atomic E-state index is 12.5. The maximum absolute atomic E-state index is 12.5. The molecule has 1 fully saturated rings. The van der Waals surface area contributed by atoms with Gasteiger partial charge in [-0.2, -0.15) is 0 Å². The molecule has 1 saturated heterocycles. The van der Waals surface area contributed by atoms with Crippen LogP contribution in [0.15, 0.2) is 24.5 Å². The molecular formula is C18H27N3O3. The van der Waals surface area contributed by atoms with E-state index < -0.39 is 5.41 Å². The molecule has 1 aromatic heterocycles. The lowest BCUT2D eigenvalue weighted by molar-refractivity contribution is -0.152. The first-order valence-corrected chi connectivity index (χ1v) is 8.22. The Morgan fingerprint density at radius 2 is 2.04 bits per heavy atom. The van der Waals surface area contributed by atoms with E-state index in [-0.39, 0.29) is 23.3 Å². The number of pyridine rings is 1. The molecule has 1 aromatic rings. The zero-order valence-electron chi connectivity index (χ0n) is 15.1. The maximum Gasteiger partial charge on any atom is 0.317 e. The normalized spacial score (nSPS) is 23.9. The second-order valence-corrected chi connectivity index (χ2v) is 7.47. The molecule has 1 aliphatic heterocycles. The summed E-state index contributed by atoms with van der Waals surface area (Å²) in [4.78, 5) is 30.3. The number of aromatic nitrogens is 1. The van der Waals surface area contributed by atoms with E-state index in [1.165, 1.54) is 7.11 Å². The van der Waals surface area contributed by atoms with Gasteiger partial charge in [-0.25, -0.2) is 4.79 Å². The molecule has 0 bridgehead atoms. The molecule has 2 heterocycles. The summed E-state index contributed by atoms with van der Waals surface area (Å²) in [6, 6.07) is 3.77. The molecule has 24 heavy (non-hydrogen) atoms. The average Bonchev–Trinajstić information content (AvgIpc) is 2.89. The van der Waals surface area contributed by atoms with E-state index in [2.05, 4.69) is 24.1 Å². The van der Waals surface area contributed by atoms with Gasteiger partial charge in [0.25, 0.3) is 0 Å². The number of nitrogens with one attached hydrogen (secondary N) is 1. The number of ether oxygens (including phenoxy) is 1. The lowest BCUT2D eigenvalue weighted by atomic mass is 9.81. The minimum atomic E-state index is -0.646. The molecule has 2 rings (SSSR count). The fourth-order valence-corrected chi connectivity index (χ4v) is 3.12. The van der Waals surface area contributed by atoms with Crippen molar-refractivity contribution in [1.82, 2.24) is 15.2 Å². The summed E-state index contributed by atoms with van der Waals surface area (Å²) in [6.07, 6.45) is 3.51. The largest absolute Gasteiger partial charge is 0.469 e. The molecule has 0 saturated carbocycles. The number of urea groups is 1. The van der Waals surface area contributed by atoms with Crippen LogP contribution in [0, 0.1) is 11.3 Å². The number of hydrogen-bond acceptors (Lipinski definition) is 4. The number of esters is 1. The number of hydrogen-bond donors (Lipinski definition) is 1. The number of amides is 2. The topological polar surface area (TPSA) is 71.5 Å². The van der Waals surface area contributed by atoms with Crippen molar-refractivity contribution in [2.24, 2.45) is 11.3 Å². The van der Waals surface area contributed by atoms with Gasteiger partial charge in [0, 0.05) is 37.4 Å². The van der Waals surface area contributed by atoms with E-state index in [1.807, 2.05) is 26.0 Å². The van der Waals surface area contributed by atoms with Gasteiger partial charge < -0.3 is 15.0 Å². The lowest BCUT2D eigenvalue weighted by Gasteiger charge is -2.28. The Morgan fingerprint density at radius 1 is 1.42 bits per heavy atom. The fraction of sp³-hybridized carbons (Fsp3) is 0.611. The summed E-state index contributed by atoms with van der Waals surface area (Å²) in [5.74, 6) is -0.202. The van der Waals surface area contributed by atoms with Crippen LogP contribution in [0.25, 0.3) is 0 Å². The molecule has 0 spiro atoms. The highest BCUT2D eigenvalue weighted by molar-refractivity contribution is 5.81. The standard InChI is InChI=1S/C18H27N3O3/c1-13-10-21(12-18(13,4)15(22)24-5)16(23)20-11-17(2,3)14-6-8-19-9-7-14/h6-9,13H,10-12H2,1-5H3,(H,20,23)/t13-,18-/m1/s1. The third-order valence-electron chi connectivity index (χ3n) is 5.18. The number of likely N-dealkylation sites (tertiary alicyclic amines) is 1. The Kier molecular flexibility index (Phi) is 5.16. The van der Waals surface area contributed by atoms with Crippen molar-refractivity contribution >= 4 is 12.0 Å². The number of carbonyl (C=O) groups excluding carboxylic acids is 2. The Bertz CT molecular complexity index is 603. The van der Waals surface area contributed by atoms with Crippen LogP contribution >= 0.6 is 0 Å². The first kappa shape index (κ1) is 18.2. The lowest BCUT2D eigenvalue weighted by Crippen LogP contribution is -2.45. The molecule has 0 radical (unpaired) electrons. The molecule has 1 N–H and O–H groups in total. The van der Waals surface area contributed by atoms with Crippen molar-refractivity contribution in [3.8, 4) is 0 Å². The summed E-state index contributed by atoms with van der Waals surface area (Å²) >= 11 is 0. The summed E-state index contributed by atoms with van der Waals surface area (Å²) in [7, 11) is 1.39. The molecule has 1 aliphatic rings. The van der Waals surface area contributed by atoms with Crippen molar-refractivity contribution in [1.29, 1.82) is 0 Å². The van der Waals surface area contributed by atoms with Gasteiger partial charge in [0.1, 0.15) is 0 Å². The predicted octanol–water partition coefficient (Wildman–Crippen LogP) is 2.20. The third-order valence-corrected chi connectivity index (χ3v) is 5.18. The summed E-state index contributed by atoms with van der Waals surface area (Å²) in [5.41, 5.74) is 0.273. The molecule has 2 amide bonds. The van der Waals surface area contributed by atoms with Crippen LogP contribution in [-0.2, 0) is 14.9 Å². The second kappa shape index (κ2) is 6.79. The van der Waals surface area contributed by atoms with Crippen LogP contribution in [0.1, 0.15) is 33.3 Å². The molecular weight excluding hydrogens is 306 g/mol.